The number of benzene rings is 1. The molecule has 16 heavy (non-hydrogen) atoms. The monoisotopic (exact) mass is 237 g/mol. The summed E-state index contributed by atoms with van der Waals surface area (Å²) in [5, 5.41) is 3.94. The normalized spacial score (nSPS) is 17.3. The molecule has 0 aliphatic carbocycles. The maximum Gasteiger partial charge on any atom is 0.163 e. The van der Waals surface area contributed by atoms with Gasteiger partial charge in [0.05, 0.1) is 0 Å². The van der Waals surface area contributed by atoms with Gasteiger partial charge in [0.15, 0.2) is 5.78 Å². The van der Waals surface area contributed by atoms with Crippen LogP contribution >= 0.6 is 11.6 Å². The molecule has 1 heterocycles. The molecule has 3 heteroatoms. The van der Waals surface area contributed by atoms with Crippen molar-refractivity contribution in [3.63, 3.8) is 0 Å². The first-order chi connectivity index (χ1) is 7.75. The van der Waals surface area contributed by atoms with Gasteiger partial charge >= 0.3 is 0 Å². The minimum absolute atomic E-state index is 0.217. The van der Waals surface area contributed by atoms with Crippen LogP contribution in [0.25, 0.3) is 0 Å². The molecule has 1 aromatic rings. The quantitative estimate of drug-likeness (QED) is 0.819. The molecule has 0 spiro atoms. The summed E-state index contributed by atoms with van der Waals surface area (Å²) in [7, 11) is 0. The highest BCUT2D eigenvalue weighted by Crippen LogP contribution is 2.20. The lowest BCUT2D eigenvalue weighted by atomic mass is 9.91. The van der Waals surface area contributed by atoms with Crippen LogP contribution < -0.4 is 5.32 Å². The van der Waals surface area contributed by atoms with Gasteiger partial charge in [0.2, 0.25) is 0 Å². The Labute approximate surface area is 101 Å². The first-order valence-corrected chi connectivity index (χ1v) is 6.13. The highest BCUT2D eigenvalue weighted by Gasteiger charge is 2.17. The molecular weight excluding hydrogens is 222 g/mol. The van der Waals surface area contributed by atoms with Gasteiger partial charge < -0.3 is 5.32 Å². The zero-order valence-electron chi connectivity index (χ0n) is 9.21. The van der Waals surface area contributed by atoms with E-state index in [-0.39, 0.29) is 5.78 Å². The first kappa shape index (κ1) is 11.6. The van der Waals surface area contributed by atoms with Crippen molar-refractivity contribution in [3.05, 3.63) is 34.9 Å². The van der Waals surface area contributed by atoms with Gasteiger partial charge in [-0.15, -0.1) is 0 Å². The van der Waals surface area contributed by atoms with E-state index in [4.69, 9.17) is 11.6 Å². The number of rotatable bonds is 3. The van der Waals surface area contributed by atoms with E-state index in [0.29, 0.717) is 17.4 Å². The standard InChI is InChI=1S/C13H16ClNO/c14-12-3-1-2-11(9-12)13(16)8-10-4-6-15-7-5-10/h1-3,9-10,15H,4-8H2. The Hall–Kier alpha value is -0.860. The molecule has 86 valence electrons. The molecule has 1 N–H and O–H groups in total. The van der Waals surface area contributed by atoms with Crippen LogP contribution in [0.5, 0.6) is 0 Å². The van der Waals surface area contributed by atoms with Gasteiger partial charge in [-0.3, -0.25) is 4.79 Å². The van der Waals surface area contributed by atoms with Gasteiger partial charge in [-0.05, 0) is 44.0 Å². The van der Waals surface area contributed by atoms with E-state index in [2.05, 4.69) is 5.32 Å². The maximum atomic E-state index is 12.0. The Bertz CT molecular complexity index is 372. The fourth-order valence-electron chi connectivity index (χ4n) is 2.13. The van der Waals surface area contributed by atoms with E-state index in [1.807, 2.05) is 12.1 Å². The van der Waals surface area contributed by atoms with Gasteiger partial charge in [-0.2, -0.15) is 0 Å². The molecule has 0 atom stereocenters. The third-order valence-corrected chi connectivity index (χ3v) is 3.31. The number of hydrogen-bond donors (Lipinski definition) is 1. The molecule has 1 aromatic carbocycles. The number of carbonyl (C=O) groups is 1. The van der Waals surface area contributed by atoms with Crippen molar-refractivity contribution in [2.45, 2.75) is 19.3 Å². The Kier molecular flexibility index (Phi) is 3.97. The van der Waals surface area contributed by atoms with Gasteiger partial charge in [-0.25, -0.2) is 0 Å². The topological polar surface area (TPSA) is 29.1 Å². The molecule has 2 nitrogen and oxygen atoms in total. The van der Waals surface area contributed by atoms with E-state index in [1.54, 1.807) is 12.1 Å². The predicted molar refractivity (Wildman–Crippen MR) is 66.0 cm³/mol. The summed E-state index contributed by atoms with van der Waals surface area (Å²) < 4.78 is 0. The molecule has 0 saturated carbocycles. The van der Waals surface area contributed by atoms with E-state index in [0.717, 1.165) is 31.5 Å². The zero-order chi connectivity index (χ0) is 11.4. The second kappa shape index (κ2) is 5.46. The summed E-state index contributed by atoms with van der Waals surface area (Å²) in [6, 6.07) is 7.22. The molecule has 1 saturated heterocycles. The van der Waals surface area contributed by atoms with Crippen molar-refractivity contribution in [2.24, 2.45) is 5.92 Å². The molecule has 2 rings (SSSR count). The van der Waals surface area contributed by atoms with Crippen molar-refractivity contribution < 1.29 is 4.79 Å². The summed E-state index contributed by atoms with van der Waals surface area (Å²) in [6.07, 6.45) is 2.86. The summed E-state index contributed by atoms with van der Waals surface area (Å²) in [5.41, 5.74) is 0.742. The van der Waals surface area contributed by atoms with E-state index >= 15 is 0 Å². The predicted octanol–water partition coefficient (Wildman–Crippen LogP) is 2.91. The maximum absolute atomic E-state index is 12.0. The lowest BCUT2D eigenvalue weighted by molar-refractivity contribution is 0.0952. The Balaban J connectivity index is 1.97. The molecule has 1 fully saturated rings. The van der Waals surface area contributed by atoms with Crippen LogP contribution in [-0.2, 0) is 0 Å². The molecular formula is C13H16ClNO. The lowest BCUT2D eigenvalue weighted by Crippen LogP contribution is -2.28. The fraction of sp³-hybridized carbons (Fsp3) is 0.462. The fourth-order valence-corrected chi connectivity index (χ4v) is 2.32. The van der Waals surface area contributed by atoms with Gasteiger partial charge in [0.25, 0.3) is 0 Å². The van der Waals surface area contributed by atoms with Crippen LogP contribution in [0, 0.1) is 5.92 Å². The molecule has 0 radical (unpaired) electrons. The smallest absolute Gasteiger partial charge is 0.163 e. The number of ketones is 1. The molecule has 1 aliphatic heterocycles. The highest BCUT2D eigenvalue weighted by atomic mass is 35.5. The number of halogens is 1. The highest BCUT2D eigenvalue weighted by molar-refractivity contribution is 6.31. The van der Waals surface area contributed by atoms with Gasteiger partial charge in [0.1, 0.15) is 0 Å². The Morgan fingerprint density at radius 2 is 2.12 bits per heavy atom. The Morgan fingerprint density at radius 1 is 1.38 bits per heavy atom. The summed E-state index contributed by atoms with van der Waals surface area (Å²) in [6.45, 7) is 2.07. The van der Waals surface area contributed by atoms with Crippen LogP contribution in [0.15, 0.2) is 24.3 Å². The molecule has 0 aromatic heterocycles. The van der Waals surface area contributed by atoms with Crippen molar-refractivity contribution in [3.8, 4) is 0 Å². The number of nitrogens with one attached hydrogen (secondary N) is 1. The second-order valence-electron chi connectivity index (χ2n) is 4.33. The van der Waals surface area contributed by atoms with Crippen LogP contribution in [-0.4, -0.2) is 18.9 Å². The van der Waals surface area contributed by atoms with Crippen LogP contribution in [0.2, 0.25) is 5.02 Å². The third kappa shape index (κ3) is 3.06. The summed E-state index contributed by atoms with van der Waals surface area (Å²) in [5.74, 6) is 0.752. The number of piperidine rings is 1. The molecule has 1 aliphatic rings. The number of Topliss-reactive ketones (excluding diaryl/α,β-unsaturated/α-hetero) is 1. The largest absolute Gasteiger partial charge is 0.317 e. The van der Waals surface area contributed by atoms with Crippen molar-refractivity contribution >= 4 is 17.4 Å². The van der Waals surface area contributed by atoms with Crippen LogP contribution in [0.3, 0.4) is 0 Å². The van der Waals surface area contributed by atoms with E-state index in [9.17, 15) is 4.79 Å². The molecule has 0 bridgehead atoms. The minimum Gasteiger partial charge on any atom is -0.317 e. The second-order valence-corrected chi connectivity index (χ2v) is 4.77. The van der Waals surface area contributed by atoms with Gasteiger partial charge in [0, 0.05) is 17.0 Å². The average molecular weight is 238 g/mol. The average Bonchev–Trinajstić information content (AvgIpc) is 2.30. The summed E-state index contributed by atoms with van der Waals surface area (Å²) in [4.78, 5) is 12.0. The van der Waals surface area contributed by atoms with Crippen LogP contribution in [0.1, 0.15) is 29.6 Å². The molecule has 0 unspecified atom stereocenters. The number of carbonyl (C=O) groups excluding carboxylic acids is 1. The van der Waals surface area contributed by atoms with Crippen molar-refractivity contribution in [1.82, 2.24) is 5.32 Å². The number of hydrogen-bond acceptors (Lipinski definition) is 2. The van der Waals surface area contributed by atoms with Crippen molar-refractivity contribution in [2.75, 3.05) is 13.1 Å². The summed E-state index contributed by atoms with van der Waals surface area (Å²) >= 11 is 5.87. The first-order valence-electron chi connectivity index (χ1n) is 5.75. The Morgan fingerprint density at radius 3 is 2.81 bits per heavy atom. The zero-order valence-corrected chi connectivity index (χ0v) is 9.96. The van der Waals surface area contributed by atoms with E-state index in [1.165, 1.54) is 0 Å². The third-order valence-electron chi connectivity index (χ3n) is 3.08. The van der Waals surface area contributed by atoms with Crippen LogP contribution in [0.4, 0.5) is 0 Å². The SMILES string of the molecule is O=C(CC1CCNCC1)c1cccc(Cl)c1. The minimum atomic E-state index is 0.217. The molecule has 0 amide bonds. The lowest BCUT2D eigenvalue weighted by Gasteiger charge is -2.21. The van der Waals surface area contributed by atoms with Gasteiger partial charge in [-0.1, -0.05) is 23.7 Å². The van der Waals surface area contributed by atoms with Crippen molar-refractivity contribution in [1.29, 1.82) is 0 Å². The van der Waals surface area contributed by atoms with E-state index < -0.39 is 0 Å².